The number of nitrogens with zero attached hydrogens (tertiary/aromatic N) is 4. The Morgan fingerprint density at radius 1 is 1.06 bits per heavy atom. The summed E-state index contributed by atoms with van der Waals surface area (Å²) in [7, 11) is 0. The molecule has 3 heterocycles. The van der Waals surface area contributed by atoms with Gasteiger partial charge in [-0.15, -0.1) is 11.3 Å². The smallest absolute Gasteiger partial charge is 0.433 e. The quantitative estimate of drug-likeness (QED) is 0.300. The number of nitrogens with one attached hydrogen (secondary N) is 1. The minimum absolute atomic E-state index is 0.00317. The van der Waals surface area contributed by atoms with Gasteiger partial charge in [0.25, 0.3) is 0 Å². The van der Waals surface area contributed by atoms with Crippen molar-refractivity contribution in [2.24, 2.45) is 0 Å². The predicted octanol–water partition coefficient (Wildman–Crippen LogP) is 6.73. The Labute approximate surface area is 202 Å². The fraction of sp³-hybridized carbons (Fsp3) is 0.217. The van der Waals surface area contributed by atoms with Gasteiger partial charge in [0.05, 0.1) is 28.0 Å². The molecule has 176 valence electrons. The Hall–Kier alpha value is -3.24. The maximum Gasteiger partial charge on any atom is 0.433 e. The van der Waals surface area contributed by atoms with Gasteiger partial charge in [-0.3, -0.25) is 0 Å². The van der Waals surface area contributed by atoms with E-state index in [1.54, 1.807) is 35.4 Å². The van der Waals surface area contributed by atoms with E-state index < -0.39 is 11.9 Å². The van der Waals surface area contributed by atoms with Crippen molar-refractivity contribution in [1.29, 1.82) is 0 Å². The molecule has 3 aromatic heterocycles. The highest BCUT2D eigenvalue weighted by Crippen LogP contribution is 2.33. The van der Waals surface area contributed by atoms with Crippen LogP contribution >= 0.6 is 22.9 Å². The third-order valence-corrected chi connectivity index (χ3v) is 5.45. The Kier molecular flexibility index (Phi) is 6.99. The second-order valence-electron chi connectivity index (χ2n) is 7.58. The van der Waals surface area contributed by atoms with E-state index in [2.05, 4.69) is 25.3 Å². The highest BCUT2D eigenvalue weighted by molar-refractivity contribution is 7.07. The number of anilines is 1. The van der Waals surface area contributed by atoms with Crippen molar-refractivity contribution in [3.8, 4) is 28.5 Å². The zero-order valence-electron chi connectivity index (χ0n) is 18.1. The van der Waals surface area contributed by atoms with Crippen molar-refractivity contribution >= 4 is 28.6 Å². The summed E-state index contributed by atoms with van der Waals surface area (Å²) in [6.45, 7) is 4.05. The molecule has 0 fully saturated rings. The first kappa shape index (κ1) is 23.9. The van der Waals surface area contributed by atoms with E-state index in [-0.39, 0.29) is 24.0 Å². The van der Waals surface area contributed by atoms with Gasteiger partial charge >= 0.3 is 6.18 Å². The molecule has 6 nitrogen and oxygen atoms in total. The number of ether oxygens (including phenoxy) is 1. The lowest BCUT2D eigenvalue weighted by Gasteiger charge is -2.13. The molecule has 0 aliphatic heterocycles. The number of halogens is 4. The number of benzene rings is 1. The largest absolute Gasteiger partial charge is 0.489 e. The van der Waals surface area contributed by atoms with Crippen LogP contribution in [0.2, 0.25) is 5.02 Å². The first-order valence-electron chi connectivity index (χ1n) is 10.2. The van der Waals surface area contributed by atoms with Gasteiger partial charge in [-0.05, 0) is 44.2 Å². The van der Waals surface area contributed by atoms with E-state index in [0.29, 0.717) is 27.9 Å². The first-order valence-corrected chi connectivity index (χ1v) is 11.5. The van der Waals surface area contributed by atoms with Gasteiger partial charge in [0.2, 0.25) is 0 Å². The van der Waals surface area contributed by atoms with Crippen LogP contribution in [0.3, 0.4) is 0 Å². The highest BCUT2D eigenvalue weighted by Gasteiger charge is 2.33. The van der Waals surface area contributed by atoms with Crippen molar-refractivity contribution in [2.45, 2.75) is 32.7 Å². The van der Waals surface area contributed by atoms with Crippen LogP contribution in [-0.4, -0.2) is 26.0 Å². The minimum atomic E-state index is -4.58. The van der Waals surface area contributed by atoms with E-state index in [1.165, 1.54) is 17.4 Å². The molecule has 0 saturated heterocycles. The number of aromatic nitrogens is 4. The summed E-state index contributed by atoms with van der Waals surface area (Å²) in [5.74, 6) is 1.05. The van der Waals surface area contributed by atoms with Crippen LogP contribution in [0.4, 0.5) is 18.9 Å². The molecular formula is C23H19ClF3N5OS. The Morgan fingerprint density at radius 3 is 2.44 bits per heavy atom. The molecule has 0 spiro atoms. The molecule has 0 saturated carbocycles. The second kappa shape index (κ2) is 9.94. The van der Waals surface area contributed by atoms with Gasteiger partial charge in [0.1, 0.15) is 11.4 Å². The maximum atomic E-state index is 13.3. The van der Waals surface area contributed by atoms with E-state index in [0.717, 1.165) is 11.6 Å². The molecule has 4 rings (SSSR count). The lowest BCUT2D eigenvalue weighted by Crippen LogP contribution is -2.10. The number of hydrogen-bond acceptors (Lipinski definition) is 7. The van der Waals surface area contributed by atoms with Crippen molar-refractivity contribution in [3.63, 3.8) is 0 Å². The van der Waals surface area contributed by atoms with Crippen LogP contribution in [0.15, 0.2) is 53.6 Å². The Bertz CT molecular complexity index is 1260. The lowest BCUT2D eigenvalue weighted by molar-refractivity contribution is -0.141. The molecule has 1 aromatic carbocycles. The van der Waals surface area contributed by atoms with Crippen LogP contribution < -0.4 is 10.1 Å². The molecule has 0 atom stereocenters. The topological polar surface area (TPSA) is 72.8 Å². The van der Waals surface area contributed by atoms with E-state index in [4.69, 9.17) is 16.3 Å². The summed E-state index contributed by atoms with van der Waals surface area (Å²) >= 11 is 7.57. The van der Waals surface area contributed by atoms with E-state index in [1.807, 2.05) is 19.9 Å². The van der Waals surface area contributed by atoms with Gasteiger partial charge in [-0.2, -0.15) is 13.2 Å². The zero-order valence-corrected chi connectivity index (χ0v) is 19.7. The van der Waals surface area contributed by atoms with Crippen LogP contribution in [-0.2, 0) is 12.7 Å². The third-order valence-electron chi connectivity index (χ3n) is 4.57. The molecule has 0 aliphatic carbocycles. The fourth-order valence-electron chi connectivity index (χ4n) is 3.04. The molecule has 0 aliphatic rings. The molecular weight excluding hydrogens is 487 g/mol. The van der Waals surface area contributed by atoms with Gasteiger partial charge in [0, 0.05) is 41.1 Å². The summed E-state index contributed by atoms with van der Waals surface area (Å²) in [4.78, 5) is 16.5. The monoisotopic (exact) mass is 505 g/mol. The predicted molar refractivity (Wildman–Crippen MR) is 126 cm³/mol. The van der Waals surface area contributed by atoms with Crippen molar-refractivity contribution < 1.29 is 17.9 Å². The SMILES string of the molecule is CC(C)Oc1ccc(-c2ncc(CNc3cc(-c4cscn4)nc(C(F)(F)F)c3)cn2)cc1Cl. The van der Waals surface area contributed by atoms with Crippen LogP contribution in [0, 0.1) is 0 Å². The van der Waals surface area contributed by atoms with Gasteiger partial charge in [0.15, 0.2) is 5.82 Å². The molecule has 0 unspecified atom stereocenters. The summed E-state index contributed by atoms with van der Waals surface area (Å²) in [6, 6.07) is 7.79. The normalized spacial score (nSPS) is 11.6. The average molecular weight is 506 g/mol. The van der Waals surface area contributed by atoms with Crippen LogP contribution in [0.5, 0.6) is 5.75 Å². The Morgan fingerprint density at radius 2 is 1.82 bits per heavy atom. The van der Waals surface area contributed by atoms with Crippen LogP contribution in [0.1, 0.15) is 25.1 Å². The molecule has 1 N–H and O–H groups in total. The van der Waals surface area contributed by atoms with E-state index >= 15 is 0 Å². The summed E-state index contributed by atoms with van der Waals surface area (Å²) in [5.41, 5.74) is 2.76. The second-order valence-corrected chi connectivity index (χ2v) is 8.70. The standard InChI is InChI=1S/C23H19ClF3N5OS/c1-13(2)33-20-4-3-15(5-17(20)24)22-29-9-14(10-30-22)8-28-16-6-18(19-11-34-12-31-19)32-21(7-16)23(25,26)27/h3-7,9-13H,8H2,1-2H3,(H,28,32). The average Bonchev–Trinajstić information content (AvgIpc) is 3.33. The summed E-state index contributed by atoms with van der Waals surface area (Å²) < 4.78 is 45.6. The zero-order chi connectivity index (χ0) is 24.3. The summed E-state index contributed by atoms with van der Waals surface area (Å²) in [6.07, 6.45) is -1.37. The fourth-order valence-corrected chi connectivity index (χ4v) is 3.81. The van der Waals surface area contributed by atoms with Gasteiger partial charge < -0.3 is 10.1 Å². The molecule has 0 amide bonds. The molecule has 11 heteroatoms. The highest BCUT2D eigenvalue weighted by atomic mass is 35.5. The number of hydrogen-bond donors (Lipinski definition) is 1. The molecule has 0 bridgehead atoms. The van der Waals surface area contributed by atoms with Crippen molar-refractivity contribution in [1.82, 2.24) is 19.9 Å². The number of rotatable bonds is 7. The first-order chi connectivity index (χ1) is 16.2. The molecule has 4 aromatic rings. The Balaban J connectivity index is 1.49. The number of pyridine rings is 1. The van der Waals surface area contributed by atoms with Gasteiger partial charge in [-0.1, -0.05) is 11.6 Å². The van der Waals surface area contributed by atoms with E-state index in [9.17, 15) is 13.2 Å². The third kappa shape index (κ3) is 5.81. The molecule has 0 radical (unpaired) electrons. The van der Waals surface area contributed by atoms with Crippen molar-refractivity contribution in [2.75, 3.05) is 5.32 Å². The van der Waals surface area contributed by atoms with Crippen LogP contribution in [0.25, 0.3) is 22.8 Å². The number of alkyl halides is 3. The maximum absolute atomic E-state index is 13.3. The molecule has 34 heavy (non-hydrogen) atoms. The van der Waals surface area contributed by atoms with Gasteiger partial charge in [-0.25, -0.2) is 19.9 Å². The minimum Gasteiger partial charge on any atom is -0.489 e. The lowest BCUT2D eigenvalue weighted by atomic mass is 10.2. The summed E-state index contributed by atoms with van der Waals surface area (Å²) in [5, 5.41) is 5.09. The number of thiazole rings is 1. The van der Waals surface area contributed by atoms with Crippen molar-refractivity contribution in [3.05, 3.63) is 69.9 Å².